The minimum atomic E-state index is -0.185. The highest BCUT2D eigenvalue weighted by Crippen LogP contribution is 2.00. The standard InChI is InChI=1S/C11H22N2O3/c1-3-13(6-8-15-4-2)11(14)10-9-16-7-5-12-10/h10,12H,3-9H2,1-2H3. The molecule has 1 aliphatic heterocycles. The zero-order valence-electron chi connectivity index (χ0n) is 10.2. The molecule has 0 saturated carbocycles. The summed E-state index contributed by atoms with van der Waals surface area (Å²) >= 11 is 0. The molecule has 5 heteroatoms. The van der Waals surface area contributed by atoms with E-state index in [0.29, 0.717) is 39.5 Å². The lowest BCUT2D eigenvalue weighted by molar-refractivity contribution is -0.136. The Balaban J connectivity index is 2.35. The van der Waals surface area contributed by atoms with Crippen LogP contribution in [0.1, 0.15) is 13.8 Å². The molecule has 94 valence electrons. The molecule has 0 bridgehead atoms. The highest BCUT2D eigenvalue weighted by Gasteiger charge is 2.25. The van der Waals surface area contributed by atoms with Crippen molar-refractivity contribution in [2.45, 2.75) is 19.9 Å². The van der Waals surface area contributed by atoms with Crippen molar-refractivity contribution >= 4 is 5.91 Å². The molecule has 0 aromatic carbocycles. The summed E-state index contributed by atoms with van der Waals surface area (Å²) in [5.74, 6) is 0.113. The average molecular weight is 230 g/mol. The number of nitrogens with zero attached hydrogens (tertiary/aromatic N) is 1. The number of hydrogen-bond donors (Lipinski definition) is 1. The van der Waals surface area contributed by atoms with Gasteiger partial charge in [0, 0.05) is 26.2 Å². The van der Waals surface area contributed by atoms with Crippen LogP contribution in [0.4, 0.5) is 0 Å². The molecule has 1 N–H and O–H groups in total. The largest absolute Gasteiger partial charge is 0.380 e. The lowest BCUT2D eigenvalue weighted by Gasteiger charge is -2.29. The van der Waals surface area contributed by atoms with E-state index in [1.165, 1.54) is 0 Å². The maximum atomic E-state index is 12.1. The lowest BCUT2D eigenvalue weighted by Crippen LogP contribution is -2.53. The molecule has 16 heavy (non-hydrogen) atoms. The van der Waals surface area contributed by atoms with E-state index in [2.05, 4.69) is 5.32 Å². The predicted molar refractivity (Wildman–Crippen MR) is 61.4 cm³/mol. The van der Waals surface area contributed by atoms with Crippen LogP contribution in [0.5, 0.6) is 0 Å². The first kappa shape index (κ1) is 13.4. The molecule has 1 unspecified atom stereocenters. The Hall–Kier alpha value is -0.650. The number of morpholine rings is 1. The maximum absolute atomic E-state index is 12.1. The molecule has 0 spiro atoms. The average Bonchev–Trinajstić information content (AvgIpc) is 2.35. The van der Waals surface area contributed by atoms with Crippen molar-refractivity contribution in [3.8, 4) is 0 Å². The first-order valence-corrected chi connectivity index (χ1v) is 5.97. The van der Waals surface area contributed by atoms with Crippen molar-refractivity contribution in [3.05, 3.63) is 0 Å². The third kappa shape index (κ3) is 4.08. The zero-order chi connectivity index (χ0) is 11.8. The molecule has 0 aromatic heterocycles. The maximum Gasteiger partial charge on any atom is 0.242 e. The molecule has 1 amide bonds. The molecule has 1 rings (SSSR count). The second-order valence-corrected chi connectivity index (χ2v) is 3.70. The van der Waals surface area contributed by atoms with Gasteiger partial charge in [-0.05, 0) is 13.8 Å². The fourth-order valence-corrected chi connectivity index (χ4v) is 1.69. The van der Waals surface area contributed by atoms with E-state index in [1.807, 2.05) is 18.7 Å². The van der Waals surface area contributed by atoms with Gasteiger partial charge in [-0.2, -0.15) is 0 Å². The van der Waals surface area contributed by atoms with Crippen LogP contribution in [0, 0.1) is 0 Å². The molecule has 1 atom stereocenters. The number of ether oxygens (including phenoxy) is 2. The Kier molecular flexibility index (Phi) is 6.37. The van der Waals surface area contributed by atoms with E-state index in [0.717, 1.165) is 6.54 Å². The number of amides is 1. The van der Waals surface area contributed by atoms with Crippen molar-refractivity contribution < 1.29 is 14.3 Å². The molecular weight excluding hydrogens is 208 g/mol. The topological polar surface area (TPSA) is 50.8 Å². The van der Waals surface area contributed by atoms with Gasteiger partial charge in [0.2, 0.25) is 5.91 Å². The van der Waals surface area contributed by atoms with E-state index in [4.69, 9.17) is 9.47 Å². The first-order valence-electron chi connectivity index (χ1n) is 5.97. The summed E-state index contributed by atoms with van der Waals surface area (Å²) < 4.78 is 10.5. The van der Waals surface area contributed by atoms with Crippen molar-refractivity contribution in [2.24, 2.45) is 0 Å². The number of rotatable bonds is 6. The van der Waals surface area contributed by atoms with Gasteiger partial charge < -0.3 is 19.7 Å². The summed E-state index contributed by atoms with van der Waals surface area (Å²) in [5, 5.41) is 3.17. The van der Waals surface area contributed by atoms with Gasteiger partial charge in [0.25, 0.3) is 0 Å². The molecule has 0 aliphatic carbocycles. The normalized spacial score (nSPS) is 20.8. The second kappa shape index (κ2) is 7.60. The molecule has 0 aromatic rings. The second-order valence-electron chi connectivity index (χ2n) is 3.70. The van der Waals surface area contributed by atoms with Gasteiger partial charge in [0.1, 0.15) is 6.04 Å². The monoisotopic (exact) mass is 230 g/mol. The van der Waals surface area contributed by atoms with Crippen LogP contribution in [0.15, 0.2) is 0 Å². The Morgan fingerprint density at radius 1 is 1.56 bits per heavy atom. The fourth-order valence-electron chi connectivity index (χ4n) is 1.69. The third-order valence-corrected chi connectivity index (χ3v) is 2.62. The summed E-state index contributed by atoms with van der Waals surface area (Å²) in [6.07, 6.45) is 0. The molecule has 1 heterocycles. The van der Waals surface area contributed by atoms with Gasteiger partial charge in [-0.3, -0.25) is 4.79 Å². The van der Waals surface area contributed by atoms with Crippen molar-refractivity contribution in [3.63, 3.8) is 0 Å². The highest BCUT2D eigenvalue weighted by atomic mass is 16.5. The van der Waals surface area contributed by atoms with Crippen LogP contribution in [-0.4, -0.2) is 62.9 Å². The first-order chi connectivity index (χ1) is 7.79. The highest BCUT2D eigenvalue weighted by molar-refractivity contribution is 5.82. The number of likely N-dealkylation sites (N-methyl/N-ethyl adjacent to an activating group) is 1. The quantitative estimate of drug-likeness (QED) is 0.645. The number of carbonyl (C=O) groups is 1. The Bertz CT molecular complexity index is 205. The van der Waals surface area contributed by atoms with Gasteiger partial charge in [-0.15, -0.1) is 0 Å². The van der Waals surface area contributed by atoms with E-state index in [9.17, 15) is 4.79 Å². The van der Waals surface area contributed by atoms with E-state index in [1.54, 1.807) is 0 Å². The molecule has 1 aliphatic rings. The van der Waals surface area contributed by atoms with Crippen LogP contribution >= 0.6 is 0 Å². The van der Waals surface area contributed by atoms with Crippen LogP contribution in [0.3, 0.4) is 0 Å². The van der Waals surface area contributed by atoms with Gasteiger partial charge >= 0.3 is 0 Å². The molecule has 5 nitrogen and oxygen atoms in total. The van der Waals surface area contributed by atoms with Crippen LogP contribution in [0.2, 0.25) is 0 Å². The number of carbonyl (C=O) groups excluding carboxylic acids is 1. The van der Waals surface area contributed by atoms with Crippen molar-refractivity contribution in [1.29, 1.82) is 0 Å². The smallest absolute Gasteiger partial charge is 0.242 e. The summed E-state index contributed by atoms with van der Waals surface area (Å²) in [6.45, 7) is 8.51. The van der Waals surface area contributed by atoms with Crippen molar-refractivity contribution in [2.75, 3.05) is 46.1 Å². The van der Waals surface area contributed by atoms with Crippen LogP contribution in [-0.2, 0) is 14.3 Å². The van der Waals surface area contributed by atoms with E-state index < -0.39 is 0 Å². The van der Waals surface area contributed by atoms with Gasteiger partial charge in [-0.25, -0.2) is 0 Å². The Morgan fingerprint density at radius 2 is 2.38 bits per heavy atom. The van der Waals surface area contributed by atoms with Gasteiger partial charge in [-0.1, -0.05) is 0 Å². The minimum Gasteiger partial charge on any atom is -0.380 e. The van der Waals surface area contributed by atoms with Crippen LogP contribution in [0.25, 0.3) is 0 Å². The van der Waals surface area contributed by atoms with E-state index >= 15 is 0 Å². The SMILES string of the molecule is CCOCCN(CC)C(=O)C1COCCN1. The van der Waals surface area contributed by atoms with Gasteiger partial charge in [0.05, 0.1) is 19.8 Å². The Morgan fingerprint density at radius 3 is 2.94 bits per heavy atom. The molecule has 0 radical (unpaired) electrons. The van der Waals surface area contributed by atoms with Crippen LogP contribution < -0.4 is 5.32 Å². The third-order valence-electron chi connectivity index (χ3n) is 2.62. The summed E-state index contributed by atoms with van der Waals surface area (Å²) in [6, 6.07) is -0.185. The summed E-state index contributed by atoms with van der Waals surface area (Å²) in [4.78, 5) is 13.9. The van der Waals surface area contributed by atoms with E-state index in [-0.39, 0.29) is 11.9 Å². The molecular formula is C11H22N2O3. The zero-order valence-corrected chi connectivity index (χ0v) is 10.2. The summed E-state index contributed by atoms with van der Waals surface area (Å²) in [7, 11) is 0. The predicted octanol–water partition coefficient (Wildman–Crippen LogP) is -0.140. The van der Waals surface area contributed by atoms with Gasteiger partial charge in [0.15, 0.2) is 0 Å². The minimum absolute atomic E-state index is 0.113. The molecule has 1 saturated heterocycles. The fraction of sp³-hybridized carbons (Fsp3) is 0.909. The summed E-state index contributed by atoms with van der Waals surface area (Å²) in [5.41, 5.74) is 0. The number of hydrogen-bond acceptors (Lipinski definition) is 4. The molecule has 1 fully saturated rings. The van der Waals surface area contributed by atoms with Crippen molar-refractivity contribution in [1.82, 2.24) is 10.2 Å². The number of nitrogens with one attached hydrogen (secondary N) is 1. The Labute approximate surface area is 97.1 Å². The lowest BCUT2D eigenvalue weighted by atomic mass is 10.2.